The molecule has 1 atom stereocenters. The van der Waals surface area contributed by atoms with Crippen molar-refractivity contribution in [3.63, 3.8) is 0 Å². The number of rotatable bonds is 4. The molecule has 2 N–H and O–H groups in total. The average Bonchev–Trinajstić information content (AvgIpc) is 2.59. The van der Waals surface area contributed by atoms with E-state index < -0.39 is 9.84 Å². The monoisotopic (exact) mass is 282 g/mol. The van der Waals surface area contributed by atoms with Crippen LogP contribution in [0.2, 0.25) is 0 Å². The highest BCUT2D eigenvalue weighted by Crippen LogP contribution is 2.32. The van der Waals surface area contributed by atoms with Gasteiger partial charge in [0.1, 0.15) is 0 Å². The molecule has 1 aromatic rings. The van der Waals surface area contributed by atoms with E-state index in [2.05, 4.69) is 10.6 Å². The molecule has 5 nitrogen and oxygen atoms in total. The van der Waals surface area contributed by atoms with Gasteiger partial charge in [-0.1, -0.05) is 18.2 Å². The molecule has 6 heteroatoms. The summed E-state index contributed by atoms with van der Waals surface area (Å²) >= 11 is 0. The van der Waals surface area contributed by atoms with Crippen molar-refractivity contribution in [3.05, 3.63) is 29.8 Å². The van der Waals surface area contributed by atoms with Gasteiger partial charge in [0.2, 0.25) is 5.91 Å². The molecule has 0 saturated heterocycles. The lowest BCUT2D eigenvalue weighted by atomic mass is 10.1. The molecule has 0 aliphatic carbocycles. The summed E-state index contributed by atoms with van der Waals surface area (Å²) in [6.45, 7) is 3.88. The maximum atomic E-state index is 11.9. The number of fused-ring (bicyclic) bond motifs is 1. The van der Waals surface area contributed by atoms with Gasteiger partial charge in [-0.3, -0.25) is 4.79 Å². The van der Waals surface area contributed by atoms with Crippen LogP contribution in [0.1, 0.15) is 25.5 Å². The van der Waals surface area contributed by atoms with E-state index in [-0.39, 0.29) is 30.3 Å². The van der Waals surface area contributed by atoms with Crippen LogP contribution >= 0.6 is 0 Å². The lowest BCUT2D eigenvalue weighted by Crippen LogP contribution is -2.39. The summed E-state index contributed by atoms with van der Waals surface area (Å²) in [6, 6.07) is 6.69. The van der Waals surface area contributed by atoms with Gasteiger partial charge in [0.25, 0.3) is 0 Å². The fourth-order valence-electron chi connectivity index (χ4n) is 2.21. The molecule has 1 aliphatic rings. The lowest BCUT2D eigenvalue weighted by molar-refractivity contribution is -0.120. The van der Waals surface area contributed by atoms with Crippen molar-refractivity contribution in [1.29, 1.82) is 0 Å². The molecule has 0 saturated carbocycles. The van der Waals surface area contributed by atoms with Crippen LogP contribution in [0.3, 0.4) is 0 Å². The molecule has 19 heavy (non-hydrogen) atoms. The maximum Gasteiger partial charge on any atom is 0.234 e. The first-order chi connectivity index (χ1) is 8.90. The second-order valence-electron chi connectivity index (χ2n) is 4.97. The average molecular weight is 282 g/mol. The summed E-state index contributed by atoms with van der Waals surface area (Å²) in [7, 11) is -3.22. The molecule has 104 valence electrons. The number of amides is 1. The van der Waals surface area contributed by atoms with Crippen molar-refractivity contribution < 1.29 is 13.2 Å². The Labute approximate surface area is 113 Å². The van der Waals surface area contributed by atoms with Crippen molar-refractivity contribution >= 4 is 15.7 Å². The van der Waals surface area contributed by atoms with Crippen molar-refractivity contribution in [2.24, 2.45) is 0 Å². The van der Waals surface area contributed by atoms with Crippen LogP contribution in [-0.4, -0.2) is 32.7 Å². The number of benzene rings is 1. The van der Waals surface area contributed by atoms with Crippen molar-refractivity contribution in [2.45, 2.75) is 30.8 Å². The van der Waals surface area contributed by atoms with E-state index in [1.807, 2.05) is 19.9 Å². The molecule has 0 fully saturated rings. The number of hydrogen-bond acceptors (Lipinski definition) is 4. The summed E-state index contributed by atoms with van der Waals surface area (Å²) in [5.41, 5.74) is 0.750. The zero-order valence-electron chi connectivity index (χ0n) is 11.0. The van der Waals surface area contributed by atoms with Crippen LogP contribution in [0.15, 0.2) is 29.2 Å². The number of hydrogen-bond donors (Lipinski definition) is 2. The number of carbonyl (C=O) groups excluding carboxylic acids is 1. The van der Waals surface area contributed by atoms with Gasteiger partial charge in [0, 0.05) is 12.1 Å². The zero-order chi connectivity index (χ0) is 14.0. The van der Waals surface area contributed by atoms with E-state index in [9.17, 15) is 13.2 Å². The topological polar surface area (TPSA) is 75.3 Å². The predicted molar refractivity (Wildman–Crippen MR) is 72.5 cm³/mol. The van der Waals surface area contributed by atoms with Gasteiger partial charge in [-0.15, -0.1) is 0 Å². The Bertz CT molecular complexity index is 581. The van der Waals surface area contributed by atoms with Crippen molar-refractivity contribution in [1.82, 2.24) is 10.6 Å². The molecule has 2 rings (SSSR count). The number of nitrogens with one attached hydrogen (secondary N) is 2. The minimum absolute atomic E-state index is 0.0152. The number of carbonyl (C=O) groups is 1. The fraction of sp³-hybridized carbons (Fsp3) is 0.462. The van der Waals surface area contributed by atoms with E-state index >= 15 is 0 Å². The molecule has 0 bridgehead atoms. The minimum atomic E-state index is -3.22. The second kappa shape index (κ2) is 5.30. The Morgan fingerprint density at radius 1 is 1.37 bits per heavy atom. The highest BCUT2D eigenvalue weighted by molar-refractivity contribution is 7.91. The predicted octanol–water partition coefficient (Wildman–Crippen LogP) is 0.629. The van der Waals surface area contributed by atoms with Crippen LogP contribution in [0.25, 0.3) is 0 Å². The molecular formula is C13H18N2O3S. The van der Waals surface area contributed by atoms with Crippen LogP contribution in [-0.2, 0) is 14.6 Å². The molecule has 1 amide bonds. The summed E-state index contributed by atoms with van der Waals surface area (Å²) in [5, 5.41) is 5.77. The summed E-state index contributed by atoms with van der Waals surface area (Å²) in [5.74, 6) is -0.113. The van der Waals surface area contributed by atoms with Gasteiger partial charge in [0.05, 0.1) is 17.2 Å². The molecule has 1 heterocycles. The van der Waals surface area contributed by atoms with E-state index in [0.717, 1.165) is 5.56 Å². The van der Waals surface area contributed by atoms with Gasteiger partial charge in [-0.2, -0.15) is 0 Å². The Morgan fingerprint density at radius 3 is 2.74 bits per heavy atom. The van der Waals surface area contributed by atoms with Crippen molar-refractivity contribution in [3.8, 4) is 0 Å². The Hall–Kier alpha value is -1.40. The summed E-state index contributed by atoms with van der Waals surface area (Å²) < 4.78 is 23.9. The SMILES string of the molecule is CC(C)NC(=O)CNC1CS(=O)(=O)c2ccccc21. The summed E-state index contributed by atoms with van der Waals surface area (Å²) in [4.78, 5) is 11.9. The van der Waals surface area contributed by atoms with Crippen LogP contribution in [0, 0.1) is 0 Å². The van der Waals surface area contributed by atoms with E-state index in [0.29, 0.717) is 4.90 Å². The standard InChI is InChI=1S/C13H18N2O3S/c1-9(2)15-13(16)7-14-11-8-19(17,18)12-6-4-3-5-10(11)12/h3-6,9,11,14H,7-8H2,1-2H3,(H,15,16). The van der Waals surface area contributed by atoms with Gasteiger partial charge >= 0.3 is 0 Å². The number of sulfone groups is 1. The van der Waals surface area contributed by atoms with Gasteiger partial charge in [-0.05, 0) is 25.5 Å². The van der Waals surface area contributed by atoms with E-state index in [4.69, 9.17) is 0 Å². The van der Waals surface area contributed by atoms with E-state index in [1.165, 1.54) is 0 Å². The van der Waals surface area contributed by atoms with Gasteiger partial charge in [-0.25, -0.2) is 8.42 Å². The molecule has 1 aliphatic heterocycles. The molecular weight excluding hydrogens is 264 g/mol. The largest absolute Gasteiger partial charge is 0.353 e. The molecule has 0 radical (unpaired) electrons. The quantitative estimate of drug-likeness (QED) is 0.849. The van der Waals surface area contributed by atoms with E-state index in [1.54, 1.807) is 18.2 Å². The van der Waals surface area contributed by atoms with Crippen LogP contribution in [0.5, 0.6) is 0 Å². The molecule has 0 aromatic heterocycles. The Morgan fingerprint density at radius 2 is 2.05 bits per heavy atom. The first kappa shape index (κ1) is 14.0. The lowest BCUT2D eigenvalue weighted by Gasteiger charge is -2.13. The summed E-state index contributed by atoms with van der Waals surface area (Å²) in [6.07, 6.45) is 0. The van der Waals surface area contributed by atoms with Crippen LogP contribution in [0.4, 0.5) is 0 Å². The maximum absolute atomic E-state index is 11.9. The third-order valence-corrected chi connectivity index (χ3v) is 4.79. The van der Waals surface area contributed by atoms with Gasteiger partial charge < -0.3 is 10.6 Å². The molecule has 1 unspecified atom stereocenters. The highest BCUT2D eigenvalue weighted by Gasteiger charge is 2.34. The van der Waals surface area contributed by atoms with Crippen LogP contribution < -0.4 is 10.6 Å². The highest BCUT2D eigenvalue weighted by atomic mass is 32.2. The normalized spacial score (nSPS) is 20.3. The molecule has 0 spiro atoms. The second-order valence-corrected chi connectivity index (χ2v) is 6.98. The van der Waals surface area contributed by atoms with Gasteiger partial charge in [0.15, 0.2) is 9.84 Å². The first-order valence-electron chi connectivity index (χ1n) is 6.24. The fourth-order valence-corrected chi connectivity index (χ4v) is 3.98. The minimum Gasteiger partial charge on any atom is -0.353 e. The van der Waals surface area contributed by atoms with Crippen molar-refractivity contribution in [2.75, 3.05) is 12.3 Å². The smallest absolute Gasteiger partial charge is 0.234 e. The zero-order valence-corrected chi connectivity index (χ0v) is 11.8. The Kier molecular flexibility index (Phi) is 3.91. The third kappa shape index (κ3) is 3.13. The third-order valence-electron chi connectivity index (χ3n) is 2.97. The first-order valence-corrected chi connectivity index (χ1v) is 7.90. The molecule has 1 aromatic carbocycles. The Balaban J connectivity index is 2.06.